The number of rotatable bonds is 4. The van der Waals surface area contributed by atoms with Crippen molar-refractivity contribution in [2.45, 2.75) is 33.6 Å². The van der Waals surface area contributed by atoms with Crippen LogP contribution in [0.1, 0.15) is 33.6 Å². The van der Waals surface area contributed by atoms with Gasteiger partial charge in [0.25, 0.3) is 0 Å². The van der Waals surface area contributed by atoms with Gasteiger partial charge >= 0.3 is 12.1 Å². The Hall–Kier alpha value is -1.59. The molecular weight excluding hydrogens is 196 g/mol. The molecule has 0 aromatic carbocycles. The average molecular weight is 212 g/mol. The Morgan fingerprint density at radius 3 is 2.20 bits per heavy atom. The monoisotopic (exact) mass is 212 g/mol. The summed E-state index contributed by atoms with van der Waals surface area (Å²) in [5.41, 5.74) is 0. The fourth-order valence-electron chi connectivity index (χ4n) is 0.880. The molecule has 84 valence electrons. The predicted octanol–water partition coefficient (Wildman–Crippen LogP) is 1.41. The highest BCUT2D eigenvalue weighted by Gasteiger charge is 2.15. The molecule has 1 atom stereocenters. The third-order valence-electron chi connectivity index (χ3n) is 1.64. The van der Waals surface area contributed by atoms with Crippen LogP contribution in [0.15, 0.2) is 0 Å². The molecule has 0 aliphatic rings. The lowest BCUT2D eigenvalue weighted by Crippen LogP contribution is -2.16. The molecule has 0 bridgehead atoms. The Morgan fingerprint density at radius 1 is 1.33 bits per heavy atom. The van der Waals surface area contributed by atoms with Crippen LogP contribution >= 0.6 is 0 Å². The Morgan fingerprint density at radius 2 is 1.87 bits per heavy atom. The minimum atomic E-state index is -0.122. The normalized spacial score (nSPS) is 9.53. The van der Waals surface area contributed by atoms with Crippen molar-refractivity contribution in [2.24, 2.45) is 5.92 Å². The Bertz CT molecular complexity index is 253. The van der Waals surface area contributed by atoms with E-state index >= 15 is 0 Å². The van der Waals surface area contributed by atoms with Crippen LogP contribution in [0, 0.1) is 17.8 Å². The molecule has 0 amide bonds. The van der Waals surface area contributed by atoms with E-state index in [-0.39, 0.29) is 18.0 Å². The topological polar surface area (TPSA) is 60.4 Å². The fourth-order valence-corrected chi connectivity index (χ4v) is 0.880. The molecule has 4 heteroatoms. The lowest BCUT2D eigenvalue weighted by molar-refractivity contribution is -0.191. The van der Waals surface area contributed by atoms with E-state index in [4.69, 9.17) is 14.3 Å². The molecule has 0 saturated carbocycles. The van der Waals surface area contributed by atoms with Gasteiger partial charge in [0.1, 0.15) is 0 Å². The maximum absolute atomic E-state index is 11.2. The molecular formula is C11H16O4. The van der Waals surface area contributed by atoms with Gasteiger partial charge in [0.05, 0.1) is 12.5 Å². The van der Waals surface area contributed by atoms with Crippen LogP contribution < -0.4 is 0 Å². The molecule has 0 fully saturated rings. The van der Waals surface area contributed by atoms with Gasteiger partial charge in [-0.3, -0.25) is 4.79 Å². The summed E-state index contributed by atoms with van der Waals surface area (Å²) < 4.78 is 4.89. The molecule has 0 saturated heterocycles. The summed E-state index contributed by atoms with van der Waals surface area (Å²) in [7, 11) is 0. The van der Waals surface area contributed by atoms with Gasteiger partial charge in [0.15, 0.2) is 0 Å². The number of ether oxygens (including phenoxy) is 1. The molecule has 0 aromatic rings. The molecule has 0 aliphatic heterocycles. The van der Waals surface area contributed by atoms with Crippen molar-refractivity contribution in [2.75, 3.05) is 6.61 Å². The summed E-state index contributed by atoms with van der Waals surface area (Å²) in [4.78, 5) is 27.4. The van der Waals surface area contributed by atoms with E-state index < -0.39 is 0 Å². The minimum absolute atomic E-state index is 0.0441. The lowest BCUT2D eigenvalue weighted by atomic mass is 10.0. The predicted molar refractivity (Wildman–Crippen MR) is 53.5 cm³/mol. The van der Waals surface area contributed by atoms with Crippen molar-refractivity contribution in [1.82, 2.24) is 0 Å². The van der Waals surface area contributed by atoms with Crippen LogP contribution in [-0.2, 0) is 19.1 Å². The lowest BCUT2D eigenvalue weighted by Gasteiger charge is -2.09. The number of carbonyl (C=O) groups excluding carboxylic acids is 3. The molecule has 0 spiro atoms. The van der Waals surface area contributed by atoms with E-state index in [0.29, 0.717) is 13.0 Å². The molecule has 4 nitrogen and oxygen atoms in total. The average Bonchev–Trinajstić information content (AvgIpc) is 2.20. The van der Waals surface area contributed by atoms with Gasteiger partial charge in [0, 0.05) is 6.42 Å². The molecule has 0 heterocycles. The number of carbonyl (C=O) groups is 1. The molecule has 1 unspecified atom stereocenters. The minimum Gasteiger partial charge on any atom is -0.466 e. The fraction of sp³-hybridized carbons (Fsp3) is 0.636. The molecule has 0 radical (unpaired) electrons. The summed E-state index contributed by atoms with van der Waals surface area (Å²) in [5, 5.41) is 0. The first-order chi connectivity index (χ1) is 7.17. The first-order valence-corrected chi connectivity index (χ1v) is 4.73. The van der Waals surface area contributed by atoms with Crippen LogP contribution in [0.2, 0.25) is 0 Å². The maximum atomic E-state index is 11.2. The third-order valence-corrected chi connectivity index (χ3v) is 1.64. The number of hydrogen-bond acceptors (Lipinski definition) is 4. The van der Waals surface area contributed by atoms with E-state index in [0.717, 1.165) is 6.42 Å². The van der Waals surface area contributed by atoms with Gasteiger partial charge in [0.2, 0.25) is 0 Å². The molecule has 0 aromatic heterocycles. The van der Waals surface area contributed by atoms with Gasteiger partial charge in [-0.25, -0.2) is 0 Å². The van der Waals surface area contributed by atoms with E-state index in [1.54, 1.807) is 6.92 Å². The van der Waals surface area contributed by atoms with Gasteiger partial charge in [-0.2, -0.15) is 9.59 Å². The number of esters is 1. The van der Waals surface area contributed by atoms with Gasteiger partial charge < -0.3 is 4.74 Å². The zero-order valence-corrected chi connectivity index (χ0v) is 9.33. The molecule has 0 aliphatic carbocycles. The molecule has 15 heavy (non-hydrogen) atoms. The summed E-state index contributed by atoms with van der Waals surface area (Å²) in [6.45, 7) is 6.02. The van der Waals surface area contributed by atoms with Crippen molar-refractivity contribution < 1.29 is 19.1 Å². The largest absolute Gasteiger partial charge is 0.466 e. The van der Waals surface area contributed by atoms with Crippen LogP contribution in [0.25, 0.3) is 0 Å². The highest BCUT2D eigenvalue weighted by atomic mass is 16.5. The van der Waals surface area contributed by atoms with Crippen LogP contribution in [0.4, 0.5) is 0 Å². The SMILES string of the molecule is CC#CCC(CC)C(=O)OCC.O=C=O. The second-order valence-electron chi connectivity index (χ2n) is 2.57. The quantitative estimate of drug-likeness (QED) is 0.522. The smallest absolute Gasteiger partial charge is 0.373 e. The van der Waals surface area contributed by atoms with Crippen LogP contribution in [-0.4, -0.2) is 18.7 Å². The summed E-state index contributed by atoms with van der Waals surface area (Å²) in [5.74, 6) is 5.49. The van der Waals surface area contributed by atoms with Crippen LogP contribution in [0.5, 0.6) is 0 Å². The summed E-state index contributed by atoms with van der Waals surface area (Å²) >= 11 is 0. The first-order valence-electron chi connectivity index (χ1n) is 4.73. The van der Waals surface area contributed by atoms with Gasteiger partial charge in [-0.15, -0.1) is 11.8 Å². The van der Waals surface area contributed by atoms with Gasteiger partial charge in [-0.05, 0) is 20.3 Å². The maximum Gasteiger partial charge on any atom is 0.373 e. The highest BCUT2D eigenvalue weighted by Crippen LogP contribution is 2.09. The van der Waals surface area contributed by atoms with Crippen molar-refractivity contribution in [1.29, 1.82) is 0 Å². The van der Waals surface area contributed by atoms with Crippen molar-refractivity contribution >= 4 is 12.1 Å². The van der Waals surface area contributed by atoms with E-state index in [1.807, 2.05) is 13.8 Å². The Labute approximate surface area is 90.0 Å². The first kappa shape index (κ1) is 15.9. The molecule has 0 rings (SSSR count). The van der Waals surface area contributed by atoms with Crippen molar-refractivity contribution in [3.8, 4) is 11.8 Å². The summed E-state index contributed by atoms with van der Waals surface area (Å²) in [6, 6.07) is 0. The standard InChI is InChI=1S/C10H16O2.CO2/c1-4-7-8-9(5-2)10(11)12-6-3;2-1-3/h9H,5-6,8H2,1-3H3;. The van der Waals surface area contributed by atoms with Crippen molar-refractivity contribution in [3.05, 3.63) is 0 Å². The third kappa shape index (κ3) is 10.3. The Kier molecular flexibility index (Phi) is 13.1. The molecule has 0 N–H and O–H groups in total. The van der Waals surface area contributed by atoms with Crippen LogP contribution in [0.3, 0.4) is 0 Å². The zero-order chi connectivity index (χ0) is 12.1. The van der Waals surface area contributed by atoms with E-state index in [9.17, 15) is 4.79 Å². The van der Waals surface area contributed by atoms with Gasteiger partial charge in [-0.1, -0.05) is 6.92 Å². The highest BCUT2D eigenvalue weighted by molar-refractivity contribution is 5.72. The zero-order valence-electron chi connectivity index (χ0n) is 9.33. The van der Waals surface area contributed by atoms with E-state index in [2.05, 4.69) is 11.8 Å². The summed E-state index contributed by atoms with van der Waals surface area (Å²) in [6.07, 6.45) is 1.67. The second-order valence-corrected chi connectivity index (χ2v) is 2.57. The Balaban J connectivity index is 0. The second kappa shape index (κ2) is 12.4. The number of hydrogen-bond donors (Lipinski definition) is 0. The van der Waals surface area contributed by atoms with Crippen molar-refractivity contribution in [3.63, 3.8) is 0 Å². The van der Waals surface area contributed by atoms with E-state index in [1.165, 1.54) is 0 Å².